The van der Waals surface area contributed by atoms with Gasteiger partial charge in [0.1, 0.15) is 12.4 Å². The average molecular weight is 545 g/mol. The second-order valence-electron chi connectivity index (χ2n) is 7.52. The highest BCUT2D eigenvalue weighted by Gasteiger charge is 2.26. The SMILES string of the molecule is CC(=O)N(NCc1cccc(F)c1Cl)[C@H](COC(=O)Nc1nc2ccc(Cl)cc2s1)C[C@@H](O)CO. The van der Waals surface area contributed by atoms with Gasteiger partial charge in [-0.15, -0.1) is 0 Å². The van der Waals surface area contributed by atoms with Crippen LogP contribution >= 0.6 is 34.5 Å². The number of carbonyl (C=O) groups is 2. The third-order valence-electron chi connectivity index (χ3n) is 4.90. The Morgan fingerprint density at radius 3 is 2.77 bits per heavy atom. The van der Waals surface area contributed by atoms with Crippen molar-refractivity contribution in [2.45, 2.75) is 32.0 Å². The van der Waals surface area contributed by atoms with Gasteiger partial charge in [0, 0.05) is 24.9 Å². The molecule has 9 nitrogen and oxygen atoms in total. The maximum absolute atomic E-state index is 13.7. The van der Waals surface area contributed by atoms with Crippen molar-refractivity contribution in [2.24, 2.45) is 0 Å². The van der Waals surface area contributed by atoms with Crippen molar-refractivity contribution < 1.29 is 28.9 Å². The number of aliphatic hydroxyl groups is 2. The minimum atomic E-state index is -1.18. The first kappa shape index (κ1) is 27.1. The van der Waals surface area contributed by atoms with E-state index in [1.54, 1.807) is 24.3 Å². The van der Waals surface area contributed by atoms with Gasteiger partial charge in [-0.2, -0.15) is 0 Å². The van der Waals surface area contributed by atoms with E-state index in [9.17, 15) is 24.2 Å². The largest absolute Gasteiger partial charge is 0.447 e. The number of nitrogens with one attached hydrogen (secondary N) is 2. The van der Waals surface area contributed by atoms with E-state index in [0.29, 0.717) is 21.2 Å². The Hall–Kier alpha value is -2.54. The number of anilines is 1. The number of thiazole rings is 1. The smallest absolute Gasteiger partial charge is 0.413 e. The summed E-state index contributed by atoms with van der Waals surface area (Å²) >= 11 is 13.2. The number of rotatable bonds is 10. The average Bonchev–Trinajstić information content (AvgIpc) is 3.20. The molecule has 0 saturated carbocycles. The number of carbonyl (C=O) groups excluding carboxylic acids is 2. The number of nitrogens with zero attached hydrogens (tertiary/aromatic N) is 2. The lowest BCUT2D eigenvalue weighted by Crippen LogP contribution is -2.52. The second-order valence-corrected chi connectivity index (χ2v) is 9.36. The lowest BCUT2D eigenvalue weighted by atomic mass is 10.1. The fourth-order valence-corrected chi connectivity index (χ4v) is 4.56. The molecule has 0 unspecified atom stereocenters. The maximum atomic E-state index is 13.7. The molecule has 0 spiro atoms. The van der Waals surface area contributed by atoms with Gasteiger partial charge in [0.15, 0.2) is 5.13 Å². The van der Waals surface area contributed by atoms with Crippen LogP contribution in [0.1, 0.15) is 18.9 Å². The molecule has 2 amide bonds. The van der Waals surface area contributed by atoms with Gasteiger partial charge in [-0.25, -0.2) is 19.6 Å². The zero-order valence-electron chi connectivity index (χ0n) is 18.5. The van der Waals surface area contributed by atoms with Crippen LogP contribution in [-0.4, -0.2) is 57.6 Å². The van der Waals surface area contributed by atoms with E-state index in [1.165, 1.54) is 30.4 Å². The van der Waals surface area contributed by atoms with Gasteiger partial charge < -0.3 is 14.9 Å². The Labute approximate surface area is 214 Å². The van der Waals surface area contributed by atoms with E-state index in [1.807, 2.05) is 0 Å². The molecular formula is C22H23Cl2FN4O5S. The topological polar surface area (TPSA) is 124 Å². The number of amides is 2. The third kappa shape index (κ3) is 7.47. The Balaban J connectivity index is 1.67. The van der Waals surface area contributed by atoms with Crippen molar-refractivity contribution in [2.75, 3.05) is 18.5 Å². The van der Waals surface area contributed by atoms with Crippen LogP contribution in [0.4, 0.5) is 14.3 Å². The van der Waals surface area contributed by atoms with Gasteiger partial charge in [-0.05, 0) is 29.8 Å². The molecule has 0 radical (unpaired) electrons. The third-order valence-corrected chi connectivity index (χ3v) is 6.49. The van der Waals surface area contributed by atoms with Gasteiger partial charge in [-0.1, -0.05) is 46.7 Å². The van der Waals surface area contributed by atoms with Crippen molar-refractivity contribution in [3.05, 3.63) is 57.8 Å². The molecule has 0 saturated heterocycles. The maximum Gasteiger partial charge on any atom is 0.413 e. The van der Waals surface area contributed by atoms with Crippen molar-refractivity contribution in [3.63, 3.8) is 0 Å². The van der Waals surface area contributed by atoms with Gasteiger partial charge in [0.25, 0.3) is 0 Å². The first-order valence-corrected chi connectivity index (χ1v) is 12.0. The molecule has 0 aliphatic heterocycles. The van der Waals surface area contributed by atoms with Crippen LogP contribution in [0.3, 0.4) is 0 Å². The normalized spacial score (nSPS) is 12.9. The van der Waals surface area contributed by atoms with Crippen molar-refractivity contribution in [1.29, 1.82) is 0 Å². The van der Waals surface area contributed by atoms with E-state index in [-0.39, 0.29) is 24.6 Å². The summed E-state index contributed by atoms with van der Waals surface area (Å²) in [4.78, 5) is 29.0. The first-order valence-electron chi connectivity index (χ1n) is 10.4. The highest BCUT2D eigenvalue weighted by atomic mass is 35.5. The van der Waals surface area contributed by atoms with Crippen LogP contribution in [0.25, 0.3) is 10.2 Å². The predicted molar refractivity (Wildman–Crippen MR) is 132 cm³/mol. The standard InChI is InChI=1S/C22H23Cl2FN4O5S/c1-12(31)29(26-9-13-3-2-4-17(25)20(13)24)15(8-16(32)10-30)11-34-22(33)28-21-27-18-6-5-14(23)7-19(18)35-21/h2-7,15-16,26,30,32H,8-11H2,1H3,(H,27,28,33)/t15-,16+/m0/s1. The Bertz CT molecular complexity index is 1200. The van der Waals surface area contributed by atoms with Crippen LogP contribution in [0, 0.1) is 5.82 Å². The van der Waals surface area contributed by atoms with Crippen LogP contribution in [0.15, 0.2) is 36.4 Å². The number of hydrazine groups is 1. The molecule has 3 rings (SSSR count). The van der Waals surface area contributed by atoms with Crippen molar-refractivity contribution >= 4 is 61.9 Å². The van der Waals surface area contributed by atoms with E-state index < -0.39 is 36.6 Å². The Morgan fingerprint density at radius 2 is 2.06 bits per heavy atom. The Kier molecular flexibility index (Phi) is 9.61. The number of hydrogen-bond acceptors (Lipinski definition) is 8. The first-order chi connectivity index (χ1) is 16.7. The molecule has 188 valence electrons. The van der Waals surface area contributed by atoms with Gasteiger partial charge in [-0.3, -0.25) is 15.1 Å². The van der Waals surface area contributed by atoms with Crippen LogP contribution in [0.2, 0.25) is 10.0 Å². The summed E-state index contributed by atoms with van der Waals surface area (Å²) < 4.78 is 19.8. The van der Waals surface area contributed by atoms with Gasteiger partial charge in [0.2, 0.25) is 5.91 Å². The molecule has 3 aromatic rings. The summed E-state index contributed by atoms with van der Waals surface area (Å²) in [6.45, 7) is 0.384. The molecule has 1 aromatic heterocycles. The lowest BCUT2D eigenvalue weighted by Gasteiger charge is -2.32. The quantitative estimate of drug-likeness (QED) is 0.285. The van der Waals surface area contributed by atoms with Crippen LogP contribution < -0.4 is 10.7 Å². The fourth-order valence-electron chi connectivity index (χ4n) is 3.24. The van der Waals surface area contributed by atoms with Crippen LogP contribution in [0.5, 0.6) is 0 Å². The molecule has 2 aromatic carbocycles. The summed E-state index contributed by atoms with van der Waals surface area (Å²) in [6, 6.07) is 8.54. The van der Waals surface area contributed by atoms with E-state index >= 15 is 0 Å². The summed E-state index contributed by atoms with van der Waals surface area (Å²) in [6.07, 6.45) is -2.11. The van der Waals surface area contributed by atoms with E-state index in [0.717, 1.165) is 9.71 Å². The monoisotopic (exact) mass is 544 g/mol. The van der Waals surface area contributed by atoms with E-state index in [2.05, 4.69) is 15.7 Å². The molecule has 13 heteroatoms. The summed E-state index contributed by atoms with van der Waals surface area (Å²) in [5, 5.41) is 23.6. The highest BCUT2D eigenvalue weighted by Crippen LogP contribution is 2.28. The summed E-state index contributed by atoms with van der Waals surface area (Å²) in [7, 11) is 0. The molecule has 35 heavy (non-hydrogen) atoms. The molecule has 1 heterocycles. The molecule has 4 N–H and O–H groups in total. The van der Waals surface area contributed by atoms with Crippen molar-refractivity contribution in [1.82, 2.24) is 15.4 Å². The molecular weight excluding hydrogens is 522 g/mol. The number of aromatic nitrogens is 1. The molecule has 0 aliphatic rings. The number of halogens is 3. The zero-order chi connectivity index (χ0) is 25.5. The second kappa shape index (κ2) is 12.4. The molecule has 0 fully saturated rings. The molecule has 2 atom stereocenters. The minimum Gasteiger partial charge on any atom is -0.447 e. The van der Waals surface area contributed by atoms with Crippen molar-refractivity contribution in [3.8, 4) is 0 Å². The number of hydrogen-bond donors (Lipinski definition) is 4. The summed E-state index contributed by atoms with van der Waals surface area (Å²) in [5.41, 5.74) is 3.89. The Morgan fingerprint density at radius 1 is 1.29 bits per heavy atom. The molecule has 0 aliphatic carbocycles. The van der Waals surface area contributed by atoms with Crippen LogP contribution in [-0.2, 0) is 16.1 Å². The summed E-state index contributed by atoms with van der Waals surface area (Å²) in [5.74, 6) is -1.07. The number of aliphatic hydroxyl groups excluding tert-OH is 2. The number of ether oxygens (including phenoxy) is 1. The minimum absolute atomic E-state index is 0.0116. The lowest BCUT2D eigenvalue weighted by molar-refractivity contribution is -0.137. The zero-order valence-corrected chi connectivity index (χ0v) is 20.8. The number of fused-ring (bicyclic) bond motifs is 1. The highest BCUT2D eigenvalue weighted by molar-refractivity contribution is 7.22. The fraction of sp³-hybridized carbons (Fsp3) is 0.318. The van der Waals surface area contributed by atoms with E-state index in [4.69, 9.17) is 27.9 Å². The number of benzene rings is 2. The van der Waals surface area contributed by atoms with Gasteiger partial charge in [0.05, 0.1) is 34.0 Å². The van der Waals surface area contributed by atoms with Gasteiger partial charge >= 0.3 is 6.09 Å². The molecule has 0 bridgehead atoms. The predicted octanol–water partition coefficient (Wildman–Crippen LogP) is 3.96.